The maximum Gasteiger partial charge on any atom is 0.141 e. The maximum atomic E-state index is 6.72. The Hall–Kier alpha value is -4.71. The fourth-order valence-electron chi connectivity index (χ4n) is 6.79. The summed E-state index contributed by atoms with van der Waals surface area (Å²) in [4.78, 5) is 10.2. The average Bonchev–Trinajstić information content (AvgIpc) is 3.58. The number of benzene rings is 2. The fourth-order valence-corrected chi connectivity index (χ4v) is 6.79. The first-order valence-electron chi connectivity index (χ1n) is 17.1. The summed E-state index contributed by atoms with van der Waals surface area (Å²) in [6, 6.07) is 27.2. The quantitative estimate of drug-likeness (QED) is 0.166. The maximum absolute atomic E-state index is 6.72. The molecule has 6 heteroatoms. The Labute approximate surface area is 285 Å². The third kappa shape index (κ3) is 6.05. The highest BCUT2D eigenvalue weighted by Crippen LogP contribution is 2.40. The van der Waals surface area contributed by atoms with Crippen LogP contribution in [-0.2, 0) is 10.8 Å². The van der Waals surface area contributed by atoms with E-state index in [1.54, 1.807) is 0 Å². The van der Waals surface area contributed by atoms with Gasteiger partial charge in [-0.3, -0.25) is 9.38 Å². The van der Waals surface area contributed by atoms with Gasteiger partial charge < -0.3 is 4.74 Å². The molecule has 0 aliphatic rings. The standard InChI is InChI=1S/C42H49N5O/c1-26(2)39-40(27(3)4)46-36(42(10,11)35-22-31(20-21-43-35)41(7,8)9)24-34(25-37(46)44-39)48-33-19-15-18-32(23-33)47-29(6)38(28(5)45-47)30-16-13-12-14-17-30/h12-27H,1-11H3. The number of aromatic nitrogens is 5. The summed E-state index contributed by atoms with van der Waals surface area (Å²) in [6.07, 6.45) is 1.94. The molecule has 4 aromatic heterocycles. The third-order valence-electron chi connectivity index (χ3n) is 9.41. The van der Waals surface area contributed by atoms with E-state index in [1.165, 1.54) is 16.8 Å². The summed E-state index contributed by atoms with van der Waals surface area (Å²) in [5.41, 5.74) is 11.5. The molecule has 2 aromatic carbocycles. The number of nitrogens with zero attached hydrogens (tertiary/aromatic N) is 5. The number of aryl methyl sites for hydroxylation is 1. The number of imidazole rings is 1. The molecule has 0 aliphatic heterocycles. The molecular formula is C42H49N5O. The molecule has 48 heavy (non-hydrogen) atoms. The number of pyridine rings is 2. The Kier molecular flexibility index (Phi) is 8.57. The first kappa shape index (κ1) is 33.2. The fraction of sp³-hybridized carbons (Fsp3) is 0.357. The van der Waals surface area contributed by atoms with E-state index in [2.05, 4.69) is 141 Å². The zero-order chi connectivity index (χ0) is 34.5. The van der Waals surface area contributed by atoms with Crippen LogP contribution in [0.2, 0.25) is 0 Å². The molecule has 6 aromatic rings. The molecule has 0 amide bonds. The largest absolute Gasteiger partial charge is 0.457 e. The van der Waals surface area contributed by atoms with E-state index in [-0.39, 0.29) is 17.3 Å². The Balaban J connectivity index is 1.48. The van der Waals surface area contributed by atoms with E-state index in [0.29, 0.717) is 0 Å². The van der Waals surface area contributed by atoms with Crippen LogP contribution in [0.25, 0.3) is 22.5 Å². The van der Waals surface area contributed by atoms with Crippen molar-refractivity contribution in [3.05, 3.63) is 125 Å². The van der Waals surface area contributed by atoms with E-state index in [0.717, 1.165) is 56.9 Å². The van der Waals surface area contributed by atoms with Gasteiger partial charge in [0, 0.05) is 52.5 Å². The minimum absolute atomic E-state index is 0.00923. The molecule has 4 heterocycles. The summed E-state index contributed by atoms with van der Waals surface area (Å²) in [5.74, 6) is 2.04. The van der Waals surface area contributed by atoms with Gasteiger partial charge in [-0.05, 0) is 80.3 Å². The van der Waals surface area contributed by atoms with E-state index < -0.39 is 5.41 Å². The van der Waals surface area contributed by atoms with Crippen molar-refractivity contribution in [2.75, 3.05) is 0 Å². The predicted octanol–water partition coefficient (Wildman–Crippen LogP) is 10.9. The molecule has 0 saturated heterocycles. The van der Waals surface area contributed by atoms with Crippen LogP contribution in [0.5, 0.6) is 11.5 Å². The monoisotopic (exact) mass is 639 g/mol. The molecule has 6 nitrogen and oxygen atoms in total. The molecule has 0 N–H and O–H groups in total. The van der Waals surface area contributed by atoms with Crippen molar-refractivity contribution in [2.45, 2.75) is 98.8 Å². The van der Waals surface area contributed by atoms with Crippen LogP contribution >= 0.6 is 0 Å². The van der Waals surface area contributed by atoms with Gasteiger partial charge in [-0.2, -0.15) is 5.10 Å². The van der Waals surface area contributed by atoms with Crippen LogP contribution in [0.15, 0.2) is 85.1 Å². The topological polar surface area (TPSA) is 57.2 Å². The summed E-state index contributed by atoms with van der Waals surface area (Å²) in [5, 5.41) is 4.94. The molecule has 0 fully saturated rings. The van der Waals surface area contributed by atoms with Gasteiger partial charge in [0.05, 0.1) is 22.8 Å². The lowest BCUT2D eigenvalue weighted by Crippen LogP contribution is -2.26. The van der Waals surface area contributed by atoms with Crippen LogP contribution in [0, 0.1) is 13.8 Å². The van der Waals surface area contributed by atoms with Crippen molar-refractivity contribution in [3.8, 4) is 28.3 Å². The minimum Gasteiger partial charge on any atom is -0.457 e. The normalized spacial score (nSPS) is 12.4. The Morgan fingerprint density at radius 1 is 0.750 bits per heavy atom. The number of fused-ring (bicyclic) bond motifs is 1. The molecule has 0 radical (unpaired) electrons. The van der Waals surface area contributed by atoms with Crippen LogP contribution in [-0.4, -0.2) is 24.1 Å². The molecule has 0 bridgehead atoms. The molecule has 6 rings (SSSR count). The predicted molar refractivity (Wildman–Crippen MR) is 197 cm³/mol. The lowest BCUT2D eigenvalue weighted by atomic mass is 9.80. The lowest BCUT2D eigenvalue weighted by Gasteiger charge is -2.29. The molecule has 0 atom stereocenters. The van der Waals surface area contributed by atoms with Crippen molar-refractivity contribution in [3.63, 3.8) is 0 Å². The highest BCUT2D eigenvalue weighted by Gasteiger charge is 2.32. The molecule has 248 valence electrons. The number of ether oxygens (including phenoxy) is 1. The van der Waals surface area contributed by atoms with Crippen molar-refractivity contribution in [1.29, 1.82) is 0 Å². The van der Waals surface area contributed by atoms with Gasteiger partial charge in [-0.1, -0.05) is 84.9 Å². The van der Waals surface area contributed by atoms with Gasteiger partial charge >= 0.3 is 0 Å². The third-order valence-corrected chi connectivity index (χ3v) is 9.41. The van der Waals surface area contributed by atoms with Gasteiger partial charge in [-0.15, -0.1) is 0 Å². The first-order valence-corrected chi connectivity index (χ1v) is 17.1. The summed E-state index contributed by atoms with van der Waals surface area (Å²) in [6.45, 7) is 24.4. The lowest BCUT2D eigenvalue weighted by molar-refractivity contribution is 0.476. The van der Waals surface area contributed by atoms with Crippen molar-refractivity contribution in [1.82, 2.24) is 24.1 Å². The van der Waals surface area contributed by atoms with E-state index in [4.69, 9.17) is 19.8 Å². The van der Waals surface area contributed by atoms with Gasteiger partial charge in [-0.25, -0.2) is 9.67 Å². The molecule has 0 unspecified atom stereocenters. The van der Waals surface area contributed by atoms with Crippen LogP contribution in [0.1, 0.15) is 114 Å². The van der Waals surface area contributed by atoms with Gasteiger partial charge in [0.15, 0.2) is 0 Å². The highest BCUT2D eigenvalue weighted by molar-refractivity contribution is 5.69. The highest BCUT2D eigenvalue weighted by atomic mass is 16.5. The second kappa shape index (κ2) is 12.4. The second-order valence-corrected chi connectivity index (χ2v) is 15.2. The Bertz CT molecular complexity index is 2090. The van der Waals surface area contributed by atoms with Gasteiger partial charge in [0.1, 0.15) is 17.1 Å². The van der Waals surface area contributed by atoms with Crippen molar-refractivity contribution >= 4 is 5.65 Å². The summed E-state index contributed by atoms with van der Waals surface area (Å²) in [7, 11) is 0. The summed E-state index contributed by atoms with van der Waals surface area (Å²) < 4.78 is 11.1. The van der Waals surface area contributed by atoms with Gasteiger partial charge in [0.25, 0.3) is 0 Å². The number of rotatable bonds is 8. The van der Waals surface area contributed by atoms with Crippen LogP contribution in [0.4, 0.5) is 0 Å². The SMILES string of the molecule is Cc1nn(-c2cccc(Oc3cc(C(C)(C)c4cc(C(C)(C)C)ccn4)n4c(C(C)C)c(C(C)C)nc4c3)c2)c(C)c1-c1ccccc1. The molecule has 0 spiro atoms. The van der Waals surface area contributed by atoms with E-state index in [9.17, 15) is 0 Å². The van der Waals surface area contributed by atoms with E-state index >= 15 is 0 Å². The summed E-state index contributed by atoms with van der Waals surface area (Å²) >= 11 is 0. The molecular weight excluding hydrogens is 590 g/mol. The van der Waals surface area contributed by atoms with Crippen LogP contribution in [0.3, 0.4) is 0 Å². The smallest absolute Gasteiger partial charge is 0.141 e. The Morgan fingerprint density at radius 3 is 2.15 bits per heavy atom. The zero-order valence-corrected chi connectivity index (χ0v) is 30.4. The molecule has 0 aliphatic carbocycles. The van der Waals surface area contributed by atoms with Crippen molar-refractivity contribution < 1.29 is 4.74 Å². The van der Waals surface area contributed by atoms with Crippen LogP contribution < -0.4 is 4.74 Å². The minimum atomic E-state index is -0.448. The first-order chi connectivity index (χ1) is 22.7. The van der Waals surface area contributed by atoms with Crippen molar-refractivity contribution in [2.24, 2.45) is 0 Å². The molecule has 0 saturated carbocycles. The average molecular weight is 640 g/mol. The Morgan fingerprint density at radius 2 is 1.48 bits per heavy atom. The van der Waals surface area contributed by atoms with E-state index in [1.807, 2.05) is 29.1 Å². The van der Waals surface area contributed by atoms with Gasteiger partial charge in [0.2, 0.25) is 0 Å². The number of hydrogen-bond acceptors (Lipinski definition) is 4. The number of hydrogen-bond donors (Lipinski definition) is 0. The zero-order valence-electron chi connectivity index (χ0n) is 30.4. The second-order valence-electron chi connectivity index (χ2n) is 15.2.